The van der Waals surface area contributed by atoms with Crippen LogP contribution in [0, 0.1) is 0 Å². The Kier molecular flexibility index (Phi) is 6.62. The van der Waals surface area contributed by atoms with E-state index in [-0.39, 0.29) is 30.6 Å². The van der Waals surface area contributed by atoms with Crippen LogP contribution < -0.4 is 10.1 Å². The highest BCUT2D eigenvalue weighted by Gasteiger charge is 2.31. The van der Waals surface area contributed by atoms with Gasteiger partial charge in [0.15, 0.2) is 0 Å². The van der Waals surface area contributed by atoms with Gasteiger partial charge in [0.1, 0.15) is 11.4 Å². The summed E-state index contributed by atoms with van der Waals surface area (Å²) in [5.41, 5.74) is 4.00. The summed E-state index contributed by atoms with van der Waals surface area (Å²) in [5, 5.41) is 4.46. The van der Waals surface area contributed by atoms with E-state index in [1.165, 1.54) is 17.7 Å². The predicted octanol–water partition coefficient (Wildman–Crippen LogP) is 4.47. The van der Waals surface area contributed by atoms with Crippen LogP contribution >= 0.6 is 24.8 Å². The monoisotopic (exact) mass is 419 g/mol. The zero-order chi connectivity index (χ0) is 17.4. The summed E-state index contributed by atoms with van der Waals surface area (Å²) in [6.07, 6.45) is -2.04. The minimum Gasteiger partial charge on any atom is -0.406 e. The van der Waals surface area contributed by atoms with E-state index in [0.717, 1.165) is 41.8 Å². The molecule has 1 aromatic carbocycles. The number of benzene rings is 1. The molecule has 0 radical (unpaired) electrons. The van der Waals surface area contributed by atoms with Gasteiger partial charge in [0, 0.05) is 30.4 Å². The molecule has 0 fully saturated rings. The van der Waals surface area contributed by atoms with Crippen LogP contribution in [0.4, 0.5) is 13.2 Å². The highest BCUT2D eigenvalue weighted by molar-refractivity contribution is 5.85. The second-order valence-electron chi connectivity index (χ2n) is 6.01. The van der Waals surface area contributed by atoms with E-state index >= 15 is 0 Å². The molecular formula is C18H18Cl2F3N3O. The van der Waals surface area contributed by atoms with E-state index in [1.54, 1.807) is 18.3 Å². The third kappa shape index (κ3) is 4.48. The number of hydrogen-bond donors (Lipinski definition) is 1. The summed E-state index contributed by atoms with van der Waals surface area (Å²) in [4.78, 5) is 4.49. The molecule has 146 valence electrons. The molecule has 0 unspecified atom stereocenters. The predicted molar refractivity (Wildman–Crippen MR) is 102 cm³/mol. The molecule has 0 saturated carbocycles. The second-order valence-corrected chi connectivity index (χ2v) is 6.01. The Hall–Kier alpha value is -1.96. The lowest BCUT2D eigenvalue weighted by molar-refractivity contribution is -0.274. The lowest BCUT2D eigenvalue weighted by Crippen LogP contribution is -2.25. The Morgan fingerprint density at radius 3 is 2.74 bits per heavy atom. The van der Waals surface area contributed by atoms with Crippen molar-refractivity contribution in [3.8, 4) is 5.75 Å². The number of nitrogens with one attached hydrogen (secondary N) is 1. The summed E-state index contributed by atoms with van der Waals surface area (Å²) in [5.74, 6) is -0.207. The highest BCUT2D eigenvalue weighted by atomic mass is 35.5. The first-order valence-electron chi connectivity index (χ1n) is 8.01. The van der Waals surface area contributed by atoms with Crippen molar-refractivity contribution in [3.05, 3.63) is 59.4 Å². The topological polar surface area (TPSA) is 39.1 Å². The number of fused-ring (bicyclic) bond motifs is 3. The number of nitrogens with zero attached hydrogens (tertiary/aromatic N) is 2. The van der Waals surface area contributed by atoms with Crippen LogP contribution in [-0.2, 0) is 19.5 Å². The Bertz CT molecular complexity index is 928. The minimum atomic E-state index is -4.69. The molecule has 3 heterocycles. The van der Waals surface area contributed by atoms with Crippen LogP contribution in [0.25, 0.3) is 11.0 Å². The van der Waals surface area contributed by atoms with Crippen molar-refractivity contribution < 1.29 is 17.9 Å². The van der Waals surface area contributed by atoms with Crippen molar-refractivity contribution in [1.29, 1.82) is 0 Å². The fraction of sp³-hybridized carbons (Fsp3) is 0.278. The van der Waals surface area contributed by atoms with Crippen molar-refractivity contribution in [2.75, 3.05) is 6.54 Å². The molecule has 1 aliphatic rings. The molecular weight excluding hydrogens is 402 g/mol. The third-order valence-corrected chi connectivity index (χ3v) is 4.36. The highest BCUT2D eigenvalue weighted by Crippen LogP contribution is 2.29. The van der Waals surface area contributed by atoms with Gasteiger partial charge in [-0.15, -0.1) is 38.0 Å². The fourth-order valence-electron chi connectivity index (χ4n) is 3.39. The van der Waals surface area contributed by atoms with Crippen molar-refractivity contribution >= 4 is 35.8 Å². The quantitative estimate of drug-likeness (QED) is 0.680. The number of alkyl halides is 3. The van der Waals surface area contributed by atoms with Gasteiger partial charge in [0.2, 0.25) is 0 Å². The molecule has 4 rings (SSSR count). The zero-order valence-electron chi connectivity index (χ0n) is 14.1. The van der Waals surface area contributed by atoms with Gasteiger partial charge in [0.25, 0.3) is 0 Å². The summed E-state index contributed by atoms with van der Waals surface area (Å²) >= 11 is 0. The third-order valence-electron chi connectivity index (χ3n) is 4.36. The van der Waals surface area contributed by atoms with Gasteiger partial charge in [-0.3, -0.25) is 0 Å². The number of hydrogen-bond acceptors (Lipinski definition) is 3. The van der Waals surface area contributed by atoms with Gasteiger partial charge < -0.3 is 14.6 Å². The molecule has 0 amide bonds. The first-order valence-corrected chi connectivity index (χ1v) is 8.01. The van der Waals surface area contributed by atoms with Crippen LogP contribution in [0.3, 0.4) is 0 Å². The largest absolute Gasteiger partial charge is 0.573 e. The summed E-state index contributed by atoms with van der Waals surface area (Å²) in [6, 6.07) is 10.0. The van der Waals surface area contributed by atoms with E-state index in [0.29, 0.717) is 6.54 Å². The van der Waals surface area contributed by atoms with Crippen LogP contribution in [0.15, 0.2) is 42.6 Å². The zero-order valence-corrected chi connectivity index (χ0v) is 15.8. The average Bonchev–Trinajstić information content (AvgIpc) is 2.89. The Morgan fingerprint density at radius 1 is 1.15 bits per heavy atom. The first kappa shape index (κ1) is 21.3. The molecule has 3 aromatic rings. The van der Waals surface area contributed by atoms with Gasteiger partial charge >= 0.3 is 6.36 Å². The maximum Gasteiger partial charge on any atom is 0.573 e. The molecule has 0 aliphatic carbocycles. The Morgan fingerprint density at radius 2 is 1.96 bits per heavy atom. The number of pyridine rings is 1. The smallest absolute Gasteiger partial charge is 0.406 e. The molecule has 9 heteroatoms. The van der Waals surface area contributed by atoms with Crippen molar-refractivity contribution in [1.82, 2.24) is 14.9 Å². The Balaban J connectivity index is 0.00000131. The molecule has 0 spiro atoms. The van der Waals surface area contributed by atoms with Crippen molar-refractivity contribution in [2.24, 2.45) is 0 Å². The maximum absolute atomic E-state index is 12.4. The number of aromatic nitrogens is 2. The van der Waals surface area contributed by atoms with Gasteiger partial charge in [0.05, 0.1) is 0 Å². The van der Waals surface area contributed by atoms with E-state index in [4.69, 9.17) is 0 Å². The standard InChI is InChI=1S/C18H16F3N3O.2ClH/c19-18(20,21)25-13-4-1-3-12(9-13)11-24-16-10-22-8-6-14(16)15-5-2-7-23-17(15)24;;/h1-5,7,9,22H,6,8,10-11H2;2*1H. The SMILES string of the molecule is Cl.Cl.FC(F)(F)Oc1cccc(Cn2c3c(c4cccnc42)CCNC3)c1. The van der Waals surface area contributed by atoms with Crippen LogP contribution in [-0.4, -0.2) is 22.5 Å². The summed E-state index contributed by atoms with van der Waals surface area (Å²) < 4.78 is 43.4. The first-order chi connectivity index (χ1) is 12.0. The van der Waals surface area contributed by atoms with Crippen LogP contribution in [0.1, 0.15) is 16.8 Å². The van der Waals surface area contributed by atoms with Gasteiger partial charge in [-0.2, -0.15) is 0 Å². The molecule has 0 saturated heterocycles. The molecule has 0 bridgehead atoms. The maximum atomic E-state index is 12.4. The summed E-state index contributed by atoms with van der Waals surface area (Å²) in [7, 11) is 0. The summed E-state index contributed by atoms with van der Waals surface area (Å²) in [6.45, 7) is 2.08. The van der Waals surface area contributed by atoms with Gasteiger partial charge in [-0.05, 0) is 48.4 Å². The number of rotatable bonds is 3. The lowest BCUT2D eigenvalue weighted by Gasteiger charge is -2.17. The van der Waals surface area contributed by atoms with Gasteiger partial charge in [-0.1, -0.05) is 12.1 Å². The normalized spacial score (nSPS) is 13.4. The van der Waals surface area contributed by atoms with Crippen LogP contribution in [0.2, 0.25) is 0 Å². The van der Waals surface area contributed by atoms with Crippen LogP contribution in [0.5, 0.6) is 5.75 Å². The number of halogens is 5. The average molecular weight is 420 g/mol. The van der Waals surface area contributed by atoms with E-state index in [9.17, 15) is 13.2 Å². The fourth-order valence-corrected chi connectivity index (χ4v) is 3.39. The Labute approximate surface area is 166 Å². The lowest BCUT2D eigenvalue weighted by atomic mass is 10.1. The molecule has 4 nitrogen and oxygen atoms in total. The van der Waals surface area contributed by atoms with E-state index < -0.39 is 6.36 Å². The minimum absolute atomic E-state index is 0. The van der Waals surface area contributed by atoms with E-state index in [1.807, 2.05) is 12.1 Å². The molecule has 1 N–H and O–H groups in total. The molecule has 1 aliphatic heterocycles. The second kappa shape index (κ2) is 8.37. The van der Waals surface area contributed by atoms with Crippen molar-refractivity contribution in [3.63, 3.8) is 0 Å². The molecule has 0 atom stereocenters. The molecule has 2 aromatic heterocycles. The van der Waals surface area contributed by atoms with Crippen molar-refractivity contribution in [2.45, 2.75) is 25.9 Å². The molecule has 27 heavy (non-hydrogen) atoms. The number of ether oxygens (including phenoxy) is 1. The van der Waals surface area contributed by atoms with E-state index in [2.05, 4.69) is 19.6 Å². The van der Waals surface area contributed by atoms with Gasteiger partial charge in [-0.25, -0.2) is 4.98 Å².